The van der Waals surface area contributed by atoms with Gasteiger partial charge >= 0.3 is 0 Å². The maximum Gasteiger partial charge on any atom is 0.276 e. The first-order valence-corrected chi connectivity index (χ1v) is 9.42. The maximum absolute atomic E-state index is 11.8. The van der Waals surface area contributed by atoms with Gasteiger partial charge in [-0.05, 0) is 53.8 Å². The molecule has 0 atom stereocenters. The number of rotatable bonds is 9. The zero-order valence-corrected chi connectivity index (χ0v) is 17.3. The second kappa shape index (κ2) is 10.4. The quantitative estimate of drug-likeness (QED) is 0.632. The molecular formula is C22H28N2O5. The minimum atomic E-state index is -0.486. The van der Waals surface area contributed by atoms with Crippen LogP contribution in [0.25, 0.3) is 0 Å². The van der Waals surface area contributed by atoms with Gasteiger partial charge in [0.15, 0.2) is 13.2 Å². The fraction of sp³-hybridized carbons (Fsp3) is 0.364. The molecule has 2 N–H and O–H groups in total. The van der Waals surface area contributed by atoms with Crippen LogP contribution in [0.3, 0.4) is 0 Å². The zero-order chi connectivity index (χ0) is 21.3. The Kier molecular flexibility index (Phi) is 7.88. The van der Waals surface area contributed by atoms with Gasteiger partial charge < -0.3 is 14.2 Å². The number of hydrogen-bond donors (Lipinski definition) is 2. The molecule has 0 aliphatic carbocycles. The standard InChI is InChI=1S/C22H28N2O5/c1-5-22(2,3)16-6-8-18(9-7-16)28-14-20(25)23-24-21(26)15-29-19-12-10-17(27-4)11-13-19/h6-13H,5,14-15H2,1-4H3,(H,23,25)(H,24,26). The van der Waals surface area contributed by atoms with Gasteiger partial charge in [0.05, 0.1) is 7.11 Å². The molecule has 2 aromatic rings. The van der Waals surface area contributed by atoms with Crippen molar-refractivity contribution >= 4 is 11.8 Å². The van der Waals surface area contributed by atoms with Crippen LogP contribution in [0, 0.1) is 0 Å². The van der Waals surface area contributed by atoms with Gasteiger partial charge in [-0.2, -0.15) is 0 Å². The van der Waals surface area contributed by atoms with Crippen LogP contribution < -0.4 is 25.1 Å². The second-order valence-electron chi connectivity index (χ2n) is 7.11. The van der Waals surface area contributed by atoms with Gasteiger partial charge in [0, 0.05) is 0 Å². The van der Waals surface area contributed by atoms with E-state index in [9.17, 15) is 9.59 Å². The molecule has 0 bridgehead atoms. The summed E-state index contributed by atoms with van der Waals surface area (Å²) in [6.45, 7) is 6.05. The predicted octanol–water partition coefficient (Wildman–Crippen LogP) is 2.99. The van der Waals surface area contributed by atoms with Crippen LogP contribution in [0.1, 0.15) is 32.8 Å². The third-order valence-electron chi connectivity index (χ3n) is 4.66. The van der Waals surface area contributed by atoms with E-state index >= 15 is 0 Å². The van der Waals surface area contributed by atoms with Crippen molar-refractivity contribution in [3.8, 4) is 17.2 Å². The van der Waals surface area contributed by atoms with E-state index in [0.717, 1.165) is 6.42 Å². The number of benzene rings is 2. The summed E-state index contributed by atoms with van der Waals surface area (Å²) in [5.41, 5.74) is 5.87. The minimum Gasteiger partial charge on any atom is -0.497 e. The lowest BCUT2D eigenvalue weighted by atomic mass is 9.82. The Bertz CT molecular complexity index is 801. The topological polar surface area (TPSA) is 85.9 Å². The molecule has 0 aromatic heterocycles. The molecule has 0 heterocycles. The third kappa shape index (κ3) is 7.03. The van der Waals surface area contributed by atoms with Crippen molar-refractivity contribution in [2.24, 2.45) is 0 Å². The lowest BCUT2D eigenvalue weighted by Gasteiger charge is -2.23. The van der Waals surface area contributed by atoms with Crippen molar-refractivity contribution < 1.29 is 23.8 Å². The van der Waals surface area contributed by atoms with Crippen LogP contribution in [0.4, 0.5) is 0 Å². The third-order valence-corrected chi connectivity index (χ3v) is 4.66. The highest BCUT2D eigenvalue weighted by atomic mass is 16.5. The van der Waals surface area contributed by atoms with E-state index in [4.69, 9.17) is 14.2 Å². The number of hydrogen-bond acceptors (Lipinski definition) is 5. The monoisotopic (exact) mass is 400 g/mol. The fourth-order valence-electron chi connectivity index (χ4n) is 2.39. The molecule has 0 radical (unpaired) electrons. The highest BCUT2D eigenvalue weighted by Crippen LogP contribution is 2.28. The molecule has 156 valence electrons. The van der Waals surface area contributed by atoms with E-state index in [1.165, 1.54) is 5.56 Å². The van der Waals surface area contributed by atoms with Gasteiger partial charge in [-0.3, -0.25) is 20.4 Å². The molecule has 2 amide bonds. The Labute approximate surface area is 171 Å². The number of carbonyl (C=O) groups is 2. The van der Waals surface area contributed by atoms with Gasteiger partial charge in [-0.1, -0.05) is 32.9 Å². The van der Waals surface area contributed by atoms with Crippen molar-refractivity contribution in [1.82, 2.24) is 10.9 Å². The molecule has 7 heteroatoms. The van der Waals surface area contributed by atoms with E-state index in [-0.39, 0.29) is 18.6 Å². The van der Waals surface area contributed by atoms with Gasteiger partial charge in [0.1, 0.15) is 17.2 Å². The SMILES string of the molecule is CCC(C)(C)c1ccc(OCC(=O)NNC(=O)COc2ccc(OC)cc2)cc1. The van der Waals surface area contributed by atoms with Crippen LogP contribution in [0.5, 0.6) is 17.2 Å². The Balaban J connectivity index is 1.69. The van der Waals surface area contributed by atoms with Crippen molar-refractivity contribution in [3.63, 3.8) is 0 Å². The second-order valence-corrected chi connectivity index (χ2v) is 7.11. The van der Waals surface area contributed by atoms with Crippen molar-refractivity contribution in [2.45, 2.75) is 32.6 Å². The van der Waals surface area contributed by atoms with E-state index in [1.807, 2.05) is 24.3 Å². The first kappa shape index (κ1) is 22.1. The summed E-state index contributed by atoms with van der Waals surface area (Å²) in [6.07, 6.45) is 1.03. The predicted molar refractivity (Wildman–Crippen MR) is 110 cm³/mol. The molecule has 29 heavy (non-hydrogen) atoms. The summed E-state index contributed by atoms with van der Waals surface area (Å²) in [5, 5.41) is 0. The smallest absolute Gasteiger partial charge is 0.276 e. The average Bonchev–Trinajstić information content (AvgIpc) is 2.75. The number of methoxy groups -OCH3 is 1. The molecule has 0 saturated heterocycles. The Hall–Kier alpha value is -3.22. The first-order valence-electron chi connectivity index (χ1n) is 9.42. The highest BCUT2D eigenvalue weighted by Gasteiger charge is 2.17. The number of hydrazine groups is 1. The molecule has 0 fully saturated rings. The minimum absolute atomic E-state index is 0.0913. The van der Waals surface area contributed by atoms with Crippen molar-refractivity contribution in [2.75, 3.05) is 20.3 Å². The van der Waals surface area contributed by atoms with Gasteiger partial charge in [-0.25, -0.2) is 0 Å². The molecule has 0 aliphatic rings. The van der Waals surface area contributed by atoms with E-state index in [0.29, 0.717) is 17.2 Å². The van der Waals surface area contributed by atoms with Crippen LogP contribution in [0.2, 0.25) is 0 Å². The number of ether oxygens (including phenoxy) is 3. The highest BCUT2D eigenvalue weighted by molar-refractivity contribution is 5.83. The molecular weight excluding hydrogens is 372 g/mol. The maximum atomic E-state index is 11.8. The molecule has 2 aromatic carbocycles. The lowest BCUT2D eigenvalue weighted by molar-refractivity contribution is -0.131. The van der Waals surface area contributed by atoms with E-state index in [1.54, 1.807) is 31.4 Å². The molecule has 7 nitrogen and oxygen atoms in total. The van der Waals surface area contributed by atoms with Crippen LogP contribution in [0.15, 0.2) is 48.5 Å². The summed E-state index contributed by atoms with van der Waals surface area (Å²) < 4.78 is 15.8. The molecule has 0 saturated carbocycles. The van der Waals surface area contributed by atoms with Crippen molar-refractivity contribution in [1.29, 1.82) is 0 Å². The van der Waals surface area contributed by atoms with Gasteiger partial charge in [0.25, 0.3) is 11.8 Å². The van der Waals surface area contributed by atoms with E-state index < -0.39 is 11.8 Å². The molecule has 2 rings (SSSR count). The van der Waals surface area contributed by atoms with Gasteiger partial charge in [0.2, 0.25) is 0 Å². The Morgan fingerprint density at radius 3 is 1.62 bits per heavy atom. The average molecular weight is 400 g/mol. The van der Waals surface area contributed by atoms with E-state index in [2.05, 4.69) is 31.6 Å². The molecule has 0 aliphatic heterocycles. The molecule has 0 spiro atoms. The van der Waals surface area contributed by atoms with Crippen LogP contribution >= 0.6 is 0 Å². The number of carbonyl (C=O) groups excluding carboxylic acids is 2. The Morgan fingerprint density at radius 2 is 1.21 bits per heavy atom. The lowest BCUT2D eigenvalue weighted by Crippen LogP contribution is -2.45. The van der Waals surface area contributed by atoms with Crippen molar-refractivity contribution in [3.05, 3.63) is 54.1 Å². The normalized spacial score (nSPS) is 10.8. The number of nitrogens with one attached hydrogen (secondary N) is 2. The summed E-state index contributed by atoms with van der Waals surface area (Å²) in [4.78, 5) is 23.6. The van der Waals surface area contributed by atoms with Crippen LogP contribution in [-0.2, 0) is 15.0 Å². The largest absolute Gasteiger partial charge is 0.497 e. The summed E-state index contributed by atoms with van der Waals surface area (Å²) in [5.74, 6) is 0.842. The number of amides is 2. The fourth-order valence-corrected chi connectivity index (χ4v) is 2.39. The summed E-state index contributed by atoms with van der Waals surface area (Å²) in [7, 11) is 1.57. The molecule has 0 unspecified atom stereocenters. The van der Waals surface area contributed by atoms with Gasteiger partial charge in [-0.15, -0.1) is 0 Å². The van der Waals surface area contributed by atoms with Crippen LogP contribution in [-0.4, -0.2) is 32.1 Å². The summed E-state index contributed by atoms with van der Waals surface area (Å²) >= 11 is 0. The Morgan fingerprint density at radius 1 is 0.793 bits per heavy atom. The first-order chi connectivity index (χ1) is 13.8. The zero-order valence-electron chi connectivity index (χ0n) is 17.3. The summed E-state index contributed by atoms with van der Waals surface area (Å²) in [6, 6.07) is 14.5.